The summed E-state index contributed by atoms with van der Waals surface area (Å²) in [5.41, 5.74) is 0. The monoisotopic (exact) mass is 258 g/mol. The summed E-state index contributed by atoms with van der Waals surface area (Å²) in [4.78, 5) is 17.6. The number of carbonyl (C=O) groups excluding carboxylic acids is 1. The summed E-state index contributed by atoms with van der Waals surface area (Å²) in [6.45, 7) is 0.774. The van der Waals surface area contributed by atoms with Crippen molar-refractivity contribution in [2.45, 2.75) is 12.8 Å². The average molecular weight is 258 g/mol. The van der Waals surface area contributed by atoms with Crippen molar-refractivity contribution in [1.29, 1.82) is 0 Å². The third kappa shape index (κ3) is 3.22. The van der Waals surface area contributed by atoms with Crippen molar-refractivity contribution in [2.24, 2.45) is 0 Å². The predicted octanol–water partition coefficient (Wildman–Crippen LogP) is 2.62. The van der Waals surface area contributed by atoms with Crippen molar-refractivity contribution in [3.63, 3.8) is 0 Å². The van der Waals surface area contributed by atoms with Crippen LogP contribution in [0.2, 0.25) is 0 Å². The number of anilines is 1. The molecule has 1 aromatic carbocycles. The molecule has 100 valence electrons. The molecule has 19 heavy (non-hydrogen) atoms. The van der Waals surface area contributed by atoms with Crippen LogP contribution in [0.3, 0.4) is 0 Å². The Labute approximate surface area is 113 Å². The molecule has 0 saturated heterocycles. The van der Waals surface area contributed by atoms with Gasteiger partial charge in [0.15, 0.2) is 0 Å². The maximum absolute atomic E-state index is 11.1. The van der Waals surface area contributed by atoms with Crippen molar-refractivity contribution in [2.75, 3.05) is 25.6 Å². The van der Waals surface area contributed by atoms with Gasteiger partial charge in [-0.1, -0.05) is 24.3 Å². The maximum atomic E-state index is 11.1. The van der Waals surface area contributed by atoms with E-state index in [1.165, 1.54) is 12.5 Å². The molecule has 0 aliphatic rings. The summed E-state index contributed by atoms with van der Waals surface area (Å²) >= 11 is 0. The average Bonchev–Trinajstić information content (AvgIpc) is 2.46. The van der Waals surface area contributed by atoms with Crippen LogP contribution in [0, 0.1) is 0 Å². The van der Waals surface area contributed by atoms with Gasteiger partial charge in [0.25, 0.3) is 0 Å². The molecule has 4 nitrogen and oxygen atoms in total. The first kappa shape index (κ1) is 13.3. The van der Waals surface area contributed by atoms with Gasteiger partial charge in [-0.15, -0.1) is 0 Å². The highest BCUT2D eigenvalue weighted by Crippen LogP contribution is 2.23. The molecule has 0 N–H and O–H groups in total. The second-order valence-corrected chi connectivity index (χ2v) is 4.46. The van der Waals surface area contributed by atoms with Crippen molar-refractivity contribution < 1.29 is 9.53 Å². The normalized spacial score (nSPS) is 10.4. The minimum atomic E-state index is -0.167. The van der Waals surface area contributed by atoms with Crippen LogP contribution >= 0.6 is 0 Å². The molecule has 1 heterocycles. The molecule has 0 radical (unpaired) electrons. The van der Waals surface area contributed by atoms with Gasteiger partial charge in [0.1, 0.15) is 5.82 Å². The van der Waals surface area contributed by atoms with Gasteiger partial charge in [0, 0.05) is 31.6 Å². The molecule has 0 atom stereocenters. The predicted molar refractivity (Wildman–Crippen MR) is 76.3 cm³/mol. The highest BCUT2D eigenvalue weighted by Gasteiger charge is 2.08. The van der Waals surface area contributed by atoms with E-state index in [1.807, 2.05) is 31.4 Å². The molecule has 1 aromatic heterocycles. The lowest BCUT2D eigenvalue weighted by molar-refractivity contribution is -0.140. The summed E-state index contributed by atoms with van der Waals surface area (Å²) in [7, 11) is 3.41. The topological polar surface area (TPSA) is 42.4 Å². The van der Waals surface area contributed by atoms with E-state index in [4.69, 9.17) is 0 Å². The van der Waals surface area contributed by atoms with Gasteiger partial charge in [0.2, 0.25) is 0 Å². The lowest BCUT2D eigenvalue weighted by Crippen LogP contribution is -2.20. The quantitative estimate of drug-likeness (QED) is 0.773. The van der Waals surface area contributed by atoms with E-state index >= 15 is 0 Å². The van der Waals surface area contributed by atoms with Crippen LogP contribution in [0.4, 0.5) is 5.82 Å². The number of fused-ring (bicyclic) bond motifs is 1. The van der Waals surface area contributed by atoms with Gasteiger partial charge in [-0.3, -0.25) is 4.79 Å². The molecule has 0 unspecified atom stereocenters. The van der Waals surface area contributed by atoms with Crippen molar-refractivity contribution in [1.82, 2.24) is 4.98 Å². The zero-order valence-corrected chi connectivity index (χ0v) is 11.3. The second-order valence-electron chi connectivity index (χ2n) is 4.46. The van der Waals surface area contributed by atoms with Gasteiger partial charge in [-0.2, -0.15) is 0 Å². The number of aromatic nitrogens is 1. The molecule has 0 saturated carbocycles. The van der Waals surface area contributed by atoms with E-state index in [2.05, 4.69) is 26.8 Å². The molecule has 0 aliphatic heterocycles. The Bertz CT molecular complexity index is 564. The zero-order chi connectivity index (χ0) is 13.7. The van der Waals surface area contributed by atoms with Gasteiger partial charge in [-0.25, -0.2) is 4.98 Å². The highest BCUT2D eigenvalue weighted by atomic mass is 16.5. The molecule has 0 amide bonds. The Hall–Kier alpha value is -2.10. The Morgan fingerprint density at radius 1 is 1.32 bits per heavy atom. The van der Waals surface area contributed by atoms with Crippen LogP contribution in [0.5, 0.6) is 0 Å². The smallest absolute Gasteiger partial charge is 0.305 e. The largest absolute Gasteiger partial charge is 0.469 e. The van der Waals surface area contributed by atoms with Crippen molar-refractivity contribution in [3.8, 4) is 0 Å². The Kier molecular flexibility index (Phi) is 4.34. The van der Waals surface area contributed by atoms with Crippen LogP contribution < -0.4 is 4.90 Å². The fourth-order valence-corrected chi connectivity index (χ4v) is 2.08. The Morgan fingerprint density at radius 3 is 2.89 bits per heavy atom. The molecule has 0 fully saturated rings. The lowest BCUT2D eigenvalue weighted by Gasteiger charge is -2.19. The molecule has 2 rings (SSSR count). The van der Waals surface area contributed by atoms with E-state index in [0.717, 1.165) is 24.2 Å². The van der Waals surface area contributed by atoms with Gasteiger partial charge in [0.05, 0.1) is 7.11 Å². The van der Waals surface area contributed by atoms with Gasteiger partial charge < -0.3 is 9.64 Å². The van der Waals surface area contributed by atoms with Crippen molar-refractivity contribution in [3.05, 3.63) is 36.5 Å². The number of pyridine rings is 1. The standard InChI is InChI=1S/C15H18N2O2/c1-17(11-5-8-14(18)19-2)15-13-7-4-3-6-12(13)9-10-16-15/h3-4,6-7,9-10H,5,8,11H2,1-2H3. The van der Waals surface area contributed by atoms with E-state index in [1.54, 1.807) is 0 Å². The van der Waals surface area contributed by atoms with Gasteiger partial charge >= 0.3 is 5.97 Å². The van der Waals surface area contributed by atoms with E-state index in [-0.39, 0.29) is 5.97 Å². The minimum Gasteiger partial charge on any atom is -0.469 e. The van der Waals surface area contributed by atoms with Crippen LogP contribution in [0.1, 0.15) is 12.8 Å². The third-order valence-electron chi connectivity index (χ3n) is 3.12. The fourth-order valence-electron chi connectivity index (χ4n) is 2.08. The summed E-state index contributed by atoms with van der Waals surface area (Å²) in [5, 5.41) is 2.30. The molecule has 0 spiro atoms. The molecular formula is C15H18N2O2. The van der Waals surface area contributed by atoms with Crippen LogP contribution in [0.15, 0.2) is 36.5 Å². The molecular weight excluding hydrogens is 240 g/mol. The molecule has 0 aliphatic carbocycles. The zero-order valence-electron chi connectivity index (χ0n) is 11.3. The van der Waals surface area contributed by atoms with Crippen LogP contribution in [0.25, 0.3) is 10.8 Å². The van der Waals surface area contributed by atoms with Crippen LogP contribution in [-0.4, -0.2) is 31.7 Å². The second kappa shape index (κ2) is 6.18. The summed E-state index contributed by atoms with van der Waals surface area (Å²) in [5.74, 6) is 0.780. The lowest BCUT2D eigenvalue weighted by atomic mass is 10.1. The fraction of sp³-hybridized carbons (Fsp3) is 0.333. The minimum absolute atomic E-state index is 0.167. The van der Waals surface area contributed by atoms with Crippen molar-refractivity contribution >= 4 is 22.6 Å². The first-order chi connectivity index (χ1) is 9.22. The number of nitrogens with zero attached hydrogens (tertiary/aromatic N) is 2. The Balaban J connectivity index is 2.09. The first-order valence-corrected chi connectivity index (χ1v) is 6.34. The number of hydrogen-bond acceptors (Lipinski definition) is 4. The third-order valence-corrected chi connectivity index (χ3v) is 3.12. The number of rotatable bonds is 5. The van der Waals surface area contributed by atoms with E-state index < -0.39 is 0 Å². The number of ether oxygens (including phenoxy) is 1. The molecule has 0 bridgehead atoms. The number of hydrogen-bond donors (Lipinski definition) is 0. The molecule has 2 aromatic rings. The number of carbonyl (C=O) groups is 1. The SMILES string of the molecule is COC(=O)CCCN(C)c1nccc2ccccc12. The maximum Gasteiger partial charge on any atom is 0.305 e. The number of methoxy groups -OCH3 is 1. The first-order valence-electron chi connectivity index (χ1n) is 6.34. The summed E-state index contributed by atoms with van der Waals surface area (Å²) in [6.07, 6.45) is 3.01. The summed E-state index contributed by atoms with van der Waals surface area (Å²) < 4.78 is 4.63. The van der Waals surface area contributed by atoms with Crippen LogP contribution in [-0.2, 0) is 9.53 Å². The number of benzene rings is 1. The highest BCUT2D eigenvalue weighted by molar-refractivity contribution is 5.91. The van der Waals surface area contributed by atoms with E-state index in [9.17, 15) is 4.79 Å². The summed E-state index contributed by atoms with van der Waals surface area (Å²) in [6, 6.07) is 10.2. The van der Waals surface area contributed by atoms with Gasteiger partial charge in [-0.05, 0) is 17.9 Å². The Morgan fingerprint density at radius 2 is 2.11 bits per heavy atom. The molecule has 4 heteroatoms. The van der Waals surface area contributed by atoms with E-state index in [0.29, 0.717) is 6.42 Å². The number of esters is 1.